The summed E-state index contributed by atoms with van der Waals surface area (Å²) >= 11 is 1.88. The third-order valence-corrected chi connectivity index (χ3v) is 3.43. The fourth-order valence-corrected chi connectivity index (χ4v) is 2.62. The van der Waals surface area contributed by atoms with Crippen LogP contribution in [-0.4, -0.2) is 28.9 Å². The van der Waals surface area contributed by atoms with Crippen molar-refractivity contribution in [1.29, 1.82) is 0 Å². The third-order valence-electron chi connectivity index (χ3n) is 2.50. The van der Waals surface area contributed by atoms with Crippen molar-refractivity contribution >= 4 is 17.4 Å². The zero-order chi connectivity index (χ0) is 11.4. The molecule has 0 N–H and O–H groups in total. The summed E-state index contributed by atoms with van der Waals surface area (Å²) in [5.41, 5.74) is 3.44. The lowest BCUT2D eigenvalue weighted by atomic mass is 10.4. The van der Waals surface area contributed by atoms with Gasteiger partial charge >= 0.3 is 0 Å². The third kappa shape index (κ3) is 2.39. The van der Waals surface area contributed by atoms with Crippen LogP contribution < -0.4 is 0 Å². The van der Waals surface area contributed by atoms with E-state index < -0.39 is 0 Å². The van der Waals surface area contributed by atoms with Crippen LogP contribution in [-0.2, 0) is 10.5 Å². The highest BCUT2D eigenvalue weighted by molar-refractivity contribution is 7.98. The van der Waals surface area contributed by atoms with Gasteiger partial charge in [0, 0.05) is 24.8 Å². The monoisotopic (exact) mass is 236 g/mol. The van der Waals surface area contributed by atoms with Crippen molar-refractivity contribution in [3.05, 3.63) is 35.8 Å². The number of aromatic nitrogens is 2. The van der Waals surface area contributed by atoms with Gasteiger partial charge in [0.2, 0.25) is 0 Å². The molecule has 0 radical (unpaired) electrons. The number of hydrogen-bond acceptors (Lipinski definition) is 3. The summed E-state index contributed by atoms with van der Waals surface area (Å²) in [6.07, 6.45) is 2.07. The Labute approximate surface area is 99.8 Å². The standard InChI is InChI=1S/C12H16N2OS/c1-10-11(9-16-8-7-15-2)14-6-4-3-5-12(14)13-10/h3-6H,7-9H2,1-2H3. The summed E-state index contributed by atoms with van der Waals surface area (Å²) in [4.78, 5) is 4.53. The van der Waals surface area contributed by atoms with Crippen LogP contribution in [0, 0.1) is 6.92 Å². The van der Waals surface area contributed by atoms with Crippen LogP contribution in [0.25, 0.3) is 5.65 Å². The summed E-state index contributed by atoms with van der Waals surface area (Å²) in [5, 5.41) is 0. The molecule has 2 rings (SSSR count). The summed E-state index contributed by atoms with van der Waals surface area (Å²) in [5.74, 6) is 2.01. The van der Waals surface area contributed by atoms with Gasteiger partial charge in [-0.15, -0.1) is 0 Å². The second-order valence-electron chi connectivity index (χ2n) is 3.62. The number of hydrogen-bond donors (Lipinski definition) is 0. The second kappa shape index (κ2) is 5.37. The van der Waals surface area contributed by atoms with Crippen LogP contribution in [0.15, 0.2) is 24.4 Å². The van der Waals surface area contributed by atoms with Crippen LogP contribution in [0.2, 0.25) is 0 Å². The van der Waals surface area contributed by atoms with Crippen molar-refractivity contribution < 1.29 is 4.74 Å². The second-order valence-corrected chi connectivity index (χ2v) is 4.72. The molecule has 0 aliphatic rings. The molecule has 0 unspecified atom stereocenters. The molecule has 16 heavy (non-hydrogen) atoms. The minimum Gasteiger partial charge on any atom is -0.384 e. The SMILES string of the molecule is COCCSCc1c(C)nc2ccccn12. The Morgan fingerprint density at radius 1 is 1.44 bits per heavy atom. The maximum atomic E-state index is 5.04. The number of fused-ring (bicyclic) bond motifs is 1. The van der Waals surface area contributed by atoms with E-state index in [0.29, 0.717) is 0 Å². The molecule has 2 aromatic rings. The lowest BCUT2D eigenvalue weighted by molar-refractivity contribution is 0.218. The number of ether oxygens (including phenoxy) is 1. The minimum atomic E-state index is 0.806. The molecule has 0 saturated heterocycles. The average Bonchev–Trinajstić information content (AvgIpc) is 2.61. The van der Waals surface area contributed by atoms with Gasteiger partial charge in [-0.25, -0.2) is 4.98 Å². The normalized spacial score (nSPS) is 11.1. The van der Waals surface area contributed by atoms with E-state index in [1.807, 2.05) is 30.0 Å². The highest BCUT2D eigenvalue weighted by Gasteiger charge is 2.07. The quantitative estimate of drug-likeness (QED) is 0.746. The summed E-state index contributed by atoms with van der Waals surface area (Å²) in [6, 6.07) is 6.09. The molecule has 0 atom stereocenters. The Bertz CT molecular complexity index is 467. The first-order chi connectivity index (χ1) is 7.83. The number of nitrogens with zero attached hydrogens (tertiary/aromatic N) is 2. The van der Waals surface area contributed by atoms with Crippen molar-refractivity contribution in [3.8, 4) is 0 Å². The van der Waals surface area contributed by atoms with E-state index in [4.69, 9.17) is 4.74 Å². The molecule has 4 heteroatoms. The van der Waals surface area contributed by atoms with Crippen LogP contribution in [0.1, 0.15) is 11.4 Å². The lowest BCUT2D eigenvalue weighted by Crippen LogP contribution is -1.96. The Kier molecular flexibility index (Phi) is 3.85. The lowest BCUT2D eigenvalue weighted by Gasteiger charge is -2.02. The molecule has 0 aromatic carbocycles. The molecule has 0 fully saturated rings. The predicted octanol–water partition coefficient (Wildman–Crippen LogP) is 2.52. The smallest absolute Gasteiger partial charge is 0.137 e. The molecule has 86 valence electrons. The number of aryl methyl sites for hydroxylation is 1. The molecule has 0 bridgehead atoms. The number of imidazole rings is 1. The molecule has 2 aromatic heterocycles. The zero-order valence-corrected chi connectivity index (χ0v) is 10.5. The van der Waals surface area contributed by atoms with E-state index in [2.05, 4.69) is 22.5 Å². The molecule has 3 nitrogen and oxygen atoms in total. The Balaban J connectivity index is 2.13. The molecule has 2 heterocycles. The molecule has 0 amide bonds. The average molecular weight is 236 g/mol. The first kappa shape index (κ1) is 11.5. The first-order valence-corrected chi connectivity index (χ1v) is 6.47. The maximum Gasteiger partial charge on any atom is 0.137 e. The molecule has 0 spiro atoms. The van der Waals surface area contributed by atoms with Crippen molar-refractivity contribution in [2.75, 3.05) is 19.5 Å². The highest BCUT2D eigenvalue weighted by atomic mass is 32.2. The van der Waals surface area contributed by atoms with Gasteiger partial charge in [-0.1, -0.05) is 6.07 Å². The number of rotatable bonds is 5. The fraction of sp³-hybridized carbons (Fsp3) is 0.417. The Morgan fingerprint density at radius 3 is 3.12 bits per heavy atom. The molecule has 0 aliphatic heterocycles. The summed E-state index contributed by atoms with van der Waals surface area (Å²) in [7, 11) is 1.74. The maximum absolute atomic E-state index is 5.04. The summed E-state index contributed by atoms with van der Waals surface area (Å²) < 4.78 is 7.20. The Hall–Kier alpha value is -1.00. The largest absolute Gasteiger partial charge is 0.384 e. The van der Waals surface area contributed by atoms with Crippen molar-refractivity contribution in [3.63, 3.8) is 0 Å². The van der Waals surface area contributed by atoms with Gasteiger partial charge in [-0.05, 0) is 19.1 Å². The van der Waals surface area contributed by atoms with Crippen LogP contribution in [0.4, 0.5) is 0 Å². The van der Waals surface area contributed by atoms with Gasteiger partial charge in [0.1, 0.15) is 5.65 Å². The van der Waals surface area contributed by atoms with Crippen molar-refractivity contribution in [1.82, 2.24) is 9.38 Å². The molecule has 0 saturated carbocycles. The predicted molar refractivity (Wildman–Crippen MR) is 68.0 cm³/mol. The van der Waals surface area contributed by atoms with E-state index in [-0.39, 0.29) is 0 Å². The minimum absolute atomic E-state index is 0.806. The fourth-order valence-electron chi connectivity index (χ4n) is 1.65. The zero-order valence-electron chi connectivity index (χ0n) is 9.64. The number of pyridine rings is 1. The molecule has 0 aliphatic carbocycles. The number of methoxy groups -OCH3 is 1. The first-order valence-electron chi connectivity index (χ1n) is 5.32. The van der Waals surface area contributed by atoms with E-state index in [1.165, 1.54) is 5.69 Å². The van der Waals surface area contributed by atoms with Gasteiger partial charge in [0.25, 0.3) is 0 Å². The topological polar surface area (TPSA) is 26.5 Å². The van der Waals surface area contributed by atoms with E-state index >= 15 is 0 Å². The van der Waals surface area contributed by atoms with Gasteiger partial charge in [-0.3, -0.25) is 0 Å². The summed E-state index contributed by atoms with van der Waals surface area (Å²) in [6.45, 7) is 2.87. The van der Waals surface area contributed by atoms with E-state index in [9.17, 15) is 0 Å². The van der Waals surface area contributed by atoms with Crippen molar-refractivity contribution in [2.45, 2.75) is 12.7 Å². The van der Waals surface area contributed by atoms with Gasteiger partial charge in [-0.2, -0.15) is 11.8 Å². The van der Waals surface area contributed by atoms with E-state index in [0.717, 1.165) is 29.5 Å². The van der Waals surface area contributed by atoms with Crippen LogP contribution in [0.3, 0.4) is 0 Å². The Morgan fingerprint density at radius 2 is 2.31 bits per heavy atom. The van der Waals surface area contributed by atoms with Gasteiger partial charge in [0.05, 0.1) is 18.0 Å². The van der Waals surface area contributed by atoms with Crippen molar-refractivity contribution in [2.24, 2.45) is 0 Å². The molecular weight excluding hydrogens is 220 g/mol. The van der Waals surface area contributed by atoms with E-state index in [1.54, 1.807) is 7.11 Å². The highest BCUT2D eigenvalue weighted by Crippen LogP contribution is 2.17. The molecular formula is C12H16N2OS. The van der Waals surface area contributed by atoms with Crippen LogP contribution >= 0.6 is 11.8 Å². The van der Waals surface area contributed by atoms with Crippen LogP contribution in [0.5, 0.6) is 0 Å². The van der Waals surface area contributed by atoms with Gasteiger partial charge in [0.15, 0.2) is 0 Å². The number of thioether (sulfide) groups is 1. The van der Waals surface area contributed by atoms with Gasteiger partial charge < -0.3 is 9.14 Å².